The summed E-state index contributed by atoms with van der Waals surface area (Å²) in [6.07, 6.45) is 15.5. The lowest BCUT2D eigenvalue weighted by Gasteiger charge is -2.54. The van der Waals surface area contributed by atoms with Gasteiger partial charge in [0.2, 0.25) is 0 Å². The molecule has 0 aliphatic heterocycles. The Balaban J connectivity index is 1.09. The molecular formula is C30H36N4O3. The molecule has 1 N–H and O–H groups in total. The number of rotatable bonds is 10. The maximum atomic E-state index is 12.8. The van der Waals surface area contributed by atoms with E-state index in [0.717, 1.165) is 64.9 Å². The van der Waals surface area contributed by atoms with Crippen molar-refractivity contribution in [1.82, 2.24) is 20.2 Å². The summed E-state index contributed by atoms with van der Waals surface area (Å²) in [5.74, 6) is 4.85. The summed E-state index contributed by atoms with van der Waals surface area (Å²) in [6.45, 7) is 2.22. The third-order valence-corrected chi connectivity index (χ3v) is 8.71. The maximum Gasteiger partial charge on any atom is 0.257 e. The van der Waals surface area contributed by atoms with Crippen molar-refractivity contribution in [1.29, 1.82) is 0 Å². The molecule has 4 fully saturated rings. The van der Waals surface area contributed by atoms with Gasteiger partial charge in [-0.05, 0) is 93.0 Å². The minimum Gasteiger partial charge on any atom is -0.483 e. The van der Waals surface area contributed by atoms with Crippen molar-refractivity contribution in [3.8, 4) is 17.0 Å². The minimum absolute atomic E-state index is 0.0240. The third-order valence-electron chi connectivity index (χ3n) is 8.71. The molecule has 0 saturated heterocycles. The molecule has 7 nitrogen and oxygen atoms in total. The van der Waals surface area contributed by atoms with Crippen molar-refractivity contribution in [2.45, 2.75) is 45.2 Å². The van der Waals surface area contributed by atoms with Crippen LogP contribution in [-0.2, 0) is 17.9 Å². The fourth-order valence-electron chi connectivity index (χ4n) is 7.29. The smallest absolute Gasteiger partial charge is 0.257 e. The number of hydrogen-bond acceptors (Lipinski definition) is 6. The fraction of sp³-hybridized carbons (Fsp3) is 0.500. The molecule has 4 bridgehead atoms. The Morgan fingerprint density at radius 1 is 1.08 bits per heavy atom. The Labute approximate surface area is 218 Å². The van der Waals surface area contributed by atoms with Gasteiger partial charge in [0.1, 0.15) is 5.75 Å². The number of carbonyl (C=O) groups excluding carboxylic acids is 1. The predicted octanol–water partition coefficient (Wildman–Crippen LogP) is 4.94. The number of nitrogens with zero attached hydrogens (tertiary/aromatic N) is 3. The molecule has 37 heavy (non-hydrogen) atoms. The van der Waals surface area contributed by atoms with E-state index < -0.39 is 0 Å². The zero-order chi connectivity index (χ0) is 25.2. The molecule has 3 aromatic rings. The minimum atomic E-state index is -0.0375. The molecule has 2 heterocycles. The Morgan fingerprint density at radius 2 is 1.89 bits per heavy atom. The standard InChI is InChI=1S/C30H36N4O3/c1-34(16-20-4-7-36-18-20)17-26-13-23(28-15-31-5-6-32-28)2-3-29(26)37-19-30(35)33-14-27-24-9-21-8-22(11-24)12-25(27)10-21/h2-7,13,15,18,21-22,24-25,27H,8-12,14,16-17,19H2,1H3,(H,33,35). The van der Waals surface area contributed by atoms with Crippen LogP contribution < -0.4 is 10.1 Å². The zero-order valence-corrected chi connectivity index (χ0v) is 21.5. The number of nitrogens with one attached hydrogen (secondary N) is 1. The van der Waals surface area contributed by atoms with Crippen LogP contribution in [0.4, 0.5) is 0 Å². The van der Waals surface area contributed by atoms with Crippen molar-refractivity contribution in [2.24, 2.45) is 29.6 Å². The first-order chi connectivity index (χ1) is 18.1. The van der Waals surface area contributed by atoms with Crippen LogP contribution in [0.15, 0.2) is 59.8 Å². The van der Waals surface area contributed by atoms with E-state index in [4.69, 9.17) is 9.15 Å². The van der Waals surface area contributed by atoms with Gasteiger partial charge in [-0.1, -0.05) is 0 Å². The van der Waals surface area contributed by atoms with Crippen molar-refractivity contribution in [3.63, 3.8) is 0 Å². The highest BCUT2D eigenvalue weighted by Gasteiger charge is 2.47. The molecule has 7 heteroatoms. The molecular weight excluding hydrogens is 464 g/mol. The summed E-state index contributed by atoms with van der Waals surface area (Å²) in [4.78, 5) is 23.6. The second-order valence-corrected chi connectivity index (χ2v) is 11.4. The summed E-state index contributed by atoms with van der Waals surface area (Å²) >= 11 is 0. The molecule has 0 spiro atoms. The lowest BCUT2D eigenvalue weighted by molar-refractivity contribution is -0.124. The van der Waals surface area contributed by atoms with Gasteiger partial charge in [-0.15, -0.1) is 0 Å². The highest BCUT2D eigenvalue weighted by molar-refractivity contribution is 5.77. The summed E-state index contributed by atoms with van der Waals surface area (Å²) in [5.41, 5.74) is 3.89. The highest BCUT2D eigenvalue weighted by Crippen LogP contribution is 2.56. The summed E-state index contributed by atoms with van der Waals surface area (Å²) < 4.78 is 11.3. The van der Waals surface area contributed by atoms with Gasteiger partial charge >= 0.3 is 0 Å². The van der Waals surface area contributed by atoms with Crippen molar-refractivity contribution in [3.05, 3.63) is 66.5 Å². The number of furan rings is 1. The molecule has 0 atom stereocenters. The average molecular weight is 501 g/mol. The topological polar surface area (TPSA) is 80.5 Å². The van der Waals surface area contributed by atoms with E-state index in [-0.39, 0.29) is 12.5 Å². The van der Waals surface area contributed by atoms with Gasteiger partial charge in [0.25, 0.3) is 5.91 Å². The van der Waals surface area contributed by atoms with Gasteiger partial charge in [0.05, 0.1) is 24.4 Å². The Kier molecular flexibility index (Phi) is 6.96. The van der Waals surface area contributed by atoms with Crippen LogP contribution in [0.1, 0.15) is 43.2 Å². The number of carbonyl (C=O) groups is 1. The maximum absolute atomic E-state index is 12.8. The normalized spacial score (nSPS) is 25.9. The van der Waals surface area contributed by atoms with Crippen molar-refractivity contribution < 1.29 is 13.9 Å². The second-order valence-electron chi connectivity index (χ2n) is 11.4. The van der Waals surface area contributed by atoms with E-state index in [2.05, 4.69) is 33.3 Å². The Bertz CT molecular complexity index is 1170. The Hall–Kier alpha value is -3.19. The van der Waals surface area contributed by atoms with E-state index in [1.807, 2.05) is 18.2 Å². The van der Waals surface area contributed by atoms with Gasteiger partial charge < -0.3 is 14.5 Å². The lowest BCUT2D eigenvalue weighted by atomic mass is 9.52. The molecule has 0 radical (unpaired) electrons. The molecule has 4 saturated carbocycles. The van der Waals surface area contributed by atoms with Gasteiger partial charge in [-0.2, -0.15) is 0 Å². The molecule has 4 aliphatic carbocycles. The van der Waals surface area contributed by atoms with Crippen LogP contribution in [-0.4, -0.2) is 41.0 Å². The third kappa shape index (κ3) is 5.57. The summed E-state index contributed by atoms with van der Waals surface area (Å²) in [6, 6.07) is 7.97. The second kappa shape index (κ2) is 10.7. The average Bonchev–Trinajstić information content (AvgIpc) is 3.40. The zero-order valence-electron chi connectivity index (χ0n) is 21.5. The molecule has 4 aliphatic rings. The van der Waals surface area contributed by atoms with E-state index in [1.165, 1.54) is 32.1 Å². The van der Waals surface area contributed by atoms with Gasteiger partial charge in [0, 0.05) is 48.7 Å². The van der Waals surface area contributed by atoms with Crippen molar-refractivity contribution >= 4 is 5.91 Å². The van der Waals surface area contributed by atoms with Crippen LogP contribution in [0.3, 0.4) is 0 Å². The first-order valence-corrected chi connectivity index (χ1v) is 13.6. The van der Waals surface area contributed by atoms with E-state index in [9.17, 15) is 4.79 Å². The van der Waals surface area contributed by atoms with Gasteiger partial charge in [0.15, 0.2) is 6.61 Å². The van der Waals surface area contributed by atoms with Crippen LogP contribution in [0.5, 0.6) is 5.75 Å². The quantitative estimate of drug-likeness (QED) is 0.425. The van der Waals surface area contributed by atoms with Crippen molar-refractivity contribution in [2.75, 3.05) is 20.2 Å². The molecule has 194 valence electrons. The monoisotopic (exact) mass is 500 g/mol. The first kappa shape index (κ1) is 24.2. The van der Waals surface area contributed by atoms with E-state index in [0.29, 0.717) is 12.5 Å². The number of hydrogen-bond donors (Lipinski definition) is 1. The van der Waals surface area contributed by atoms with Gasteiger partial charge in [-0.3, -0.25) is 19.7 Å². The highest BCUT2D eigenvalue weighted by atomic mass is 16.5. The summed E-state index contributed by atoms with van der Waals surface area (Å²) in [5, 5.41) is 3.21. The summed E-state index contributed by atoms with van der Waals surface area (Å²) in [7, 11) is 2.06. The van der Waals surface area contributed by atoms with Crippen LogP contribution in [0.2, 0.25) is 0 Å². The molecule has 7 rings (SSSR count). The fourth-order valence-corrected chi connectivity index (χ4v) is 7.29. The van der Waals surface area contributed by atoms with Crippen LogP contribution >= 0.6 is 0 Å². The van der Waals surface area contributed by atoms with E-state index >= 15 is 0 Å². The number of ether oxygens (including phenoxy) is 1. The van der Waals surface area contributed by atoms with Gasteiger partial charge in [-0.25, -0.2) is 0 Å². The number of amides is 1. The first-order valence-electron chi connectivity index (χ1n) is 13.6. The lowest BCUT2D eigenvalue weighted by Crippen LogP contribution is -2.49. The largest absolute Gasteiger partial charge is 0.483 e. The van der Waals surface area contributed by atoms with Crippen LogP contribution in [0.25, 0.3) is 11.3 Å². The number of aromatic nitrogens is 2. The SMILES string of the molecule is CN(Cc1ccoc1)Cc1cc(-c2cnccn2)ccc1OCC(=O)NCC1C2CC3CC(C2)CC1C3. The molecule has 1 amide bonds. The molecule has 1 aromatic carbocycles. The van der Waals surface area contributed by atoms with Crippen LogP contribution in [0, 0.1) is 29.6 Å². The molecule has 0 unspecified atom stereocenters. The number of benzene rings is 1. The Morgan fingerprint density at radius 3 is 2.59 bits per heavy atom. The van der Waals surface area contributed by atoms with E-state index in [1.54, 1.807) is 31.1 Å². The predicted molar refractivity (Wildman–Crippen MR) is 140 cm³/mol. The molecule has 2 aromatic heterocycles.